The molecule has 0 radical (unpaired) electrons. The Labute approximate surface area is 174 Å². The molecule has 1 N–H and O–H groups in total. The van der Waals surface area contributed by atoms with E-state index >= 15 is 0 Å². The zero-order valence-electron chi connectivity index (χ0n) is 18.0. The van der Waals surface area contributed by atoms with Crippen LogP contribution in [-0.2, 0) is 23.8 Å². The molecule has 0 spiro atoms. The average Bonchev–Trinajstić information content (AvgIpc) is 3.08. The summed E-state index contributed by atoms with van der Waals surface area (Å²) in [6.45, 7) is 7.57. The number of ether oxygens (including phenoxy) is 1. The van der Waals surface area contributed by atoms with Crippen molar-refractivity contribution in [1.29, 1.82) is 0 Å². The van der Waals surface area contributed by atoms with E-state index in [9.17, 15) is 23.1 Å². The number of aliphatic carboxylic acids is 1. The lowest BCUT2D eigenvalue weighted by Gasteiger charge is -2.32. The van der Waals surface area contributed by atoms with Crippen molar-refractivity contribution in [3.8, 4) is 5.75 Å². The van der Waals surface area contributed by atoms with Gasteiger partial charge in [0, 0.05) is 5.56 Å². The first-order chi connectivity index (χ1) is 14.1. The van der Waals surface area contributed by atoms with Crippen LogP contribution in [0.5, 0.6) is 5.75 Å². The maximum Gasteiger partial charge on any atom is 0.437 e. The molecule has 0 saturated heterocycles. The topological polar surface area (TPSA) is 72.6 Å². The summed E-state index contributed by atoms with van der Waals surface area (Å²) in [6.07, 6.45) is -0.696. The van der Waals surface area contributed by atoms with E-state index in [0.29, 0.717) is 68.2 Å². The lowest BCUT2D eigenvalue weighted by molar-refractivity contribution is -0.157. The van der Waals surface area contributed by atoms with Crippen LogP contribution in [0.1, 0.15) is 83.0 Å². The molecule has 0 aliphatic rings. The van der Waals surface area contributed by atoms with Crippen LogP contribution in [0.25, 0.3) is 11.0 Å². The van der Waals surface area contributed by atoms with Gasteiger partial charge in [-0.3, -0.25) is 0 Å². The van der Waals surface area contributed by atoms with E-state index in [0.717, 1.165) is 0 Å². The van der Waals surface area contributed by atoms with E-state index in [1.807, 2.05) is 27.7 Å². The molecule has 0 atom stereocenters. The highest BCUT2D eigenvalue weighted by Crippen LogP contribution is 2.42. The van der Waals surface area contributed by atoms with E-state index in [1.165, 1.54) is 6.07 Å². The fourth-order valence-corrected chi connectivity index (χ4v) is 3.94. The van der Waals surface area contributed by atoms with Crippen LogP contribution in [0.15, 0.2) is 10.6 Å². The second kappa shape index (κ2) is 9.71. The summed E-state index contributed by atoms with van der Waals surface area (Å²) in [6, 6.07) is 1.40. The molecule has 168 valence electrons. The maximum atomic E-state index is 13.4. The van der Waals surface area contributed by atoms with Gasteiger partial charge in [0.15, 0.2) is 11.3 Å². The Morgan fingerprint density at radius 2 is 1.67 bits per heavy atom. The molecule has 0 fully saturated rings. The van der Waals surface area contributed by atoms with Crippen LogP contribution in [-0.4, -0.2) is 21.8 Å². The summed E-state index contributed by atoms with van der Waals surface area (Å²) in [5, 5.41) is 13.2. The summed E-state index contributed by atoms with van der Waals surface area (Å²) < 4.78 is 51.7. The summed E-state index contributed by atoms with van der Waals surface area (Å²) in [7, 11) is 0. The summed E-state index contributed by atoms with van der Waals surface area (Å²) >= 11 is 0. The number of carbonyl (C=O) groups is 1. The van der Waals surface area contributed by atoms with Crippen molar-refractivity contribution >= 4 is 16.9 Å². The van der Waals surface area contributed by atoms with Gasteiger partial charge < -0.3 is 14.4 Å². The van der Waals surface area contributed by atoms with Gasteiger partial charge in [-0.1, -0.05) is 58.5 Å². The smallest absolute Gasteiger partial charge is 0.437 e. The minimum atomic E-state index is -4.64. The summed E-state index contributed by atoms with van der Waals surface area (Å²) in [5.41, 5.74) is -1.47. The van der Waals surface area contributed by atoms with Gasteiger partial charge in [-0.2, -0.15) is 13.2 Å². The van der Waals surface area contributed by atoms with E-state index < -0.39 is 23.4 Å². The number of carboxylic acid groups (broad SMARTS) is 1. The molecule has 0 amide bonds. The van der Waals surface area contributed by atoms with Gasteiger partial charge in [-0.15, -0.1) is 0 Å². The number of fused-ring (bicyclic) bond motifs is 1. The van der Waals surface area contributed by atoms with Gasteiger partial charge in [-0.05, 0) is 37.3 Å². The second-order valence-electron chi connectivity index (χ2n) is 7.65. The standard InChI is InChI=1S/C22H30F3NO4/c1-5-9-14-13-16-18(30-26-19(16)22(23,24)25)15(10-6-2)17(14)29-21(11-7-3,12-8-4)20(27)28/h13H,5-12H2,1-4H3,(H,27,28). The molecule has 0 bridgehead atoms. The van der Waals surface area contributed by atoms with Crippen molar-refractivity contribution in [2.24, 2.45) is 0 Å². The number of halogens is 3. The van der Waals surface area contributed by atoms with Crippen molar-refractivity contribution in [3.05, 3.63) is 22.9 Å². The zero-order valence-corrected chi connectivity index (χ0v) is 18.0. The minimum absolute atomic E-state index is 0.0197. The van der Waals surface area contributed by atoms with Gasteiger partial charge in [-0.25, -0.2) is 4.79 Å². The van der Waals surface area contributed by atoms with E-state index in [4.69, 9.17) is 9.26 Å². The molecular formula is C22H30F3NO4. The Morgan fingerprint density at radius 3 is 2.13 bits per heavy atom. The van der Waals surface area contributed by atoms with Crippen LogP contribution >= 0.6 is 0 Å². The predicted molar refractivity (Wildman–Crippen MR) is 108 cm³/mol. The third kappa shape index (κ3) is 4.73. The number of benzene rings is 1. The van der Waals surface area contributed by atoms with Crippen molar-refractivity contribution in [2.75, 3.05) is 0 Å². The highest BCUT2D eigenvalue weighted by molar-refractivity contribution is 5.87. The minimum Gasteiger partial charge on any atom is -0.478 e. The normalized spacial score (nSPS) is 12.5. The van der Waals surface area contributed by atoms with Crippen LogP contribution in [0.3, 0.4) is 0 Å². The highest BCUT2D eigenvalue weighted by Gasteiger charge is 2.42. The Kier molecular flexibility index (Phi) is 7.77. The van der Waals surface area contributed by atoms with Gasteiger partial charge >= 0.3 is 12.1 Å². The van der Waals surface area contributed by atoms with Crippen LogP contribution < -0.4 is 4.74 Å². The third-order valence-electron chi connectivity index (χ3n) is 5.17. The van der Waals surface area contributed by atoms with Crippen molar-refractivity contribution in [3.63, 3.8) is 0 Å². The van der Waals surface area contributed by atoms with Crippen LogP contribution in [0.2, 0.25) is 0 Å². The zero-order chi connectivity index (χ0) is 22.5. The highest BCUT2D eigenvalue weighted by atomic mass is 19.4. The second-order valence-corrected chi connectivity index (χ2v) is 7.65. The van der Waals surface area contributed by atoms with E-state index in [2.05, 4.69) is 5.16 Å². The molecule has 1 heterocycles. The molecule has 5 nitrogen and oxygen atoms in total. The van der Waals surface area contributed by atoms with E-state index in [1.54, 1.807) is 0 Å². The molecule has 0 saturated carbocycles. The number of carboxylic acids is 1. The quantitative estimate of drug-likeness (QED) is 0.438. The molecule has 0 aliphatic carbocycles. The van der Waals surface area contributed by atoms with Crippen molar-refractivity contribution in [2.45, 2.75) is 90.8 Å². The molecule has 2 aromatic rings. The van der Waals surface area contributed by atoms with Crippen LogP contribution in [0.4, 0.5) is 13.2 Å². The average molecular weight is 429 g/mol. The Balaban J connectivity index is 2.80. The summed E-state index contributed by atoms with van der Waals surface area (Å²) in [4.78, 5) is 12.2. The van der Waals surface area contributed by atoms with Gasteiger partial charge in [0.25, 0.3) is 0 Å². The number of alkyl halides is 3. The number of aromatic nitrogens is 1. The van der Waals surface area contributed by atoms with Crippen LogP contribution in [0, 0.1) is 0 Å². The largest absolute Gasteiger partial charge is 0.478 e. The van der Waals surface area contributed by atoms with E-state index in [-0.39, 0.29) is 11.0 Å². The molecule has 1 aromatic carbocycles. The fourth-order valence-electron chi connectivity index (χ4n) is 3.94. The monoisotopic (exact) mass is 429 g/mol. The lowest BCUT2D eigenvalue weighted by atomic mass is 9.91. The number of rotatable bonds is 11. The van der Waals surface area contributed by atoms with Crippen molar-refractivity contribution in [1.82, 2.24) is 5.16 Å². The summed E-state index contributed by atoms with van der Waals surface area (Å²) in [5.74, 6) is -0.731. The molecule has 8 heteroatoms. The fraction of sp³-hybridized carbons (Fsp3) is 0.636. The first-order valence-electron chi connectivity index (χ1n) is 10.6. The Bertz CT molecular complexity index is 867. The SMILES string of the molecule is CCCc1cc2c(C(F)(F)F)noc2c(CCC)c1OC(CCC)(CCC)C(=O)O. The molecule has 30 heavy (non-hydrogen) atoms. The van der Waals surface area contributed by atoms with Crippen molar-refractivity contribution < 1.29 is 32.3 Å². The first kappa shape index (κ1) is 24.0. The maximum absolute atomic E-state index is 13.4. The molecule has 0 aliphatic heterocycles. The Hall–Kier alpha value is -2.25. The predicted octanol–water partition coefficient (Wildman–Crippen LogP) is 6.55. The number of nitrogens with zero attached hydrogens (tertiary/aromatic N) is 1. The first-order valence-corrected chi connectivity index (χ1v) is 10.6. The molecule has 1 aromatic heterocycles. The van der Waals surface area contributed by atoms with Gasteiger partial charge in [0.2, 0.25) is 5.60 Å². The molecule has 0 unspecified atom stereocenters. The lowest BCUT2D eigenvalue weighted by Crippen LogP contribution is -2.45. The number of aryl methyl sites for hydroxylation is 2. The Morgan fingerprint density at radius 1 is 1.07 bits per heavy atom. The van der Waals surface area contributed by atoms with Gasteiger partial charge in [0.05, 0.1) is 5.39 Å². The third-order valence-corrected chi connectivity index (χ3v) is 5.17. The number of hydrogen-bond donors (Lipinski definition) is 1. The molecule has 2 rings (SSSR count). The van der Waals surface area contributed by atoms with Gasteiger partial charge in [0.1, 0.15) is 5.75 Å². The number of hydrogen-bond acceptors (Lipinski definition) is 4. The molecular weight excluding hydrogens is 399 g/mol.